The maximum Gasteiger partial charge on any atom is 0.312 e. The zero-order chi connectivity index (χ0) is 5.86. The summed E-state index contributed by atoms with van der Waals surface area (Å²) in [6.07, 6.45) is 0. The number of alkyl halides is 2. The summed E-state index contributed by atoms with van der Waals surface area (Å²) < 4.78 is 0. The van der Waals surface area contributed by atoms with Gasteiger partial charge in [0.05, 0.1) is 0 Å². The van der Waals surface area contributed by atoms with Crippen molar-refractivity contribution in [1.29, 1.82) is 0 Å². The number of nitrogens with one attached hydrogen (secondary N) is 1. The van der Waals surface area contributed by atoms with E-state index in [2.05, 4.69) is 12.2 Å². The maximum atomic E-state index is 9.79. The van der Waals surface area contributed by atoms with Gasteiger partial charge in [-0.15, -0.1) is 0 Å². The summed E-state index contributed by atoms with van der Waals surface area (Å²) in [4.78, 5) is -0.884. The Morgan fingerprint density at radius 2 is 2.14 bits per heavy atom. The fourth-order valence-electron chi connectivity index (χ4n) is 0.0891. The topological polar surface area (TPSA) is 31.9 Å². The summed E-state index contributed by atoms with van der Waals surface area (Å²) in [6, 6.07) is 0. The highest BCUT2D eigenvalue weighted by molar-refractivity contribution is 7.79. The Bertz CT molecular complexity index is 76.1. The van der Waals surface area contributed by atoms with E-state index in [0.29, 0.717) is 0 Å². The fraction of sp³-hybridized carbons (Fsp3) is 0.500. The Kier molecular flexibility index (Phi) is 3.42. The van der Waals surface area contributed by atoms with Gasteiger partial charge in [-0.05, 0) is 12.2 Å². The third-order valence-corrected chi connectivity index (χ3v) is 0.563. The van der Waals surface area contributed by atoms with Crippen molar-refractivity contribution in [1.82, 2.24) is 5.32 Å². The van der Waals surface area contributed by atoms with Crippen LogP contribution in [-0.4, -0.2) is 10.1 Å². The SMILES string of the molecule is [O]C(=S)NC(Cl)Cl. The quantitative estimate of drug-likeness (QED) is 0.352. The van der Waals surface area contributed by atoms with E-state index in [0.717, 1.165) is 0 Å². The predicted molar refractivity (Wildman–Crippen MR) is 31.9 cm³/mol. The standard InChI is InChI=1S/C2H2Cl2NOS/c3-1(4)5-2(6)7/h1H,(H,5,7). The molecule has 0 aliphatic heterocycles. The molecule has 41 valence electrons. The van der Waals surface area contributed by atoms with Crippen LogP contribution in [0.2, 0.25) is 0 Å². The van der Waals surface area contributed by atoms with Gasteiger partial charge < -0.3 is 5.32 Å². The fourth-order valence-corrected chi connectivity index (χ4v) is 0.535. The summed E-state index contributed by atoms with van der Waals surface area (Å²) in [5, 5.41) is 11.2. The van der Waals surface area contributed by atoms with Crippen molar-refractivity contribution >= 4 is 40.6 Å². The van der Waals surface area contributed by atoms with E-state index in [1.807, 2.05) is 5.32 Å². The molecule has 5 heteroatoms. The highest BCUT2D eigenvalue weighted by Gasteiger charge is 1.97. The van der Waals surface area contributed by atoms with Gasteiger partial charge in [0, 0.05) is 0 Å². The Morgan fingerprint density at radius 1 is 1.71 bits per heavy atom. The van der Waals surface area contributed by atoms with Gasteiger partial charge in [-0.2, -0.15) is 0 Å². The minimum atomic E-state index is -0.884. The number of hydrogen-bond donors (Lipinski definition) is 1. The summed E-state index contributed by atoms with van der Waals surface area (Å²) in [7, 11) is 0. The molecule has 0 aromatic rings. The van der Waals surface area contributed by atoms with E-state index >= 15 is 0 Å². The Labute approximate surface area is 56.4 Å². The first-order chi connectivity index (χ1) is 3.13. The highest BCUT2D eigenvalue weighted by atomic mass is 35.5. The molecule has 0 bridgehead atoms. The van der Waals surface area contributed by atoms with E-state index in [4.69, 9.17) is 23.2 Å². The average molecular weight is 159 g/mol. The van der Waals surface area contributed by atoms with Gasteiger partial charge in [0.1, 0.15) is 0 Å². The number of thiocarbonyl (C=S) groups is 1. The molecule has 0 heterocycles. The van der Waals surface area contributed by atoms with E-state index in [1.165, 1.54) is 0 Å². The second-order valence-electron chi connectivity index (χ2n) is 0.732. The highest BCUT2D eigenvalue weighted by Crippen LogP contribution is 1.94. The minimum absolute atomic E-state index is 0.644. The predicted octanol–water partition coefficient (Wildman–Crippen LogP) is 1.05. The second kappa shape index (κ2) is 3.29. The molecule has 0 saturated heterocycles. The van der Waals surface area contributed by atoms with Crippen molar-refractivity contribution in [2.75, 3.05) is 0 Å². The molecule has 0 saturated carbocycles. The first-order valence-electron chi connectivity index (χ1n) is 1.38. The molecule has 0 aliphatic carbocycles. The lowest BCUT2D eigenvalue weighted by atomic mass is 11.1. The molecule has 0 amide bonds. The minimum Gasteiger partial charge on any atom is -0.314 e. The zero-order valence-corrected chi connectivity index (χ0v) is 5.48. The number of hydrogen-bond acceptors (Lipinski definition) is 1. The first kappa shape index (κ1) is 7.27. The van der Waals surface area contributed by atoms with Crippen molar-refractivity contribution in [2.24, 2.45) is 0 Å². The van der Waals surface area contributed by atoms with E-state index in [1.54, 1.807) is 0 Å². The van der Waals surface area contributed by atoms with E-state index in [9.17, 15) is 5.11 Å². The summed E-state index contributed by atoms with van der Waals surface area (Å²) >= 11 is 14.1. The van der Waals surface area contributed by atoms with Crippen LogP contribution in [-0.2, 0) is 5.11 Å². The number of rotatable bonds is 1. The van der Waals surface area contributed by atoms with Gasteiger partial charge in [0.15, 0.2) is 4.96 Å². The van der Waals surface area contributed by atoms with Crippen molar-refractivity contribution in [3.8, 4) is 0 Å². The normalized spacial score (nSPS) is 9.00. The van der Waals surface area contributed by atoms with Gasteiger partial charge in [-0.25, -0.2) is 0 Å². The molecule has 0 unspecified atom stereocenters. The van der Waals surface area contributed by atoms with Crippen molar-refractivity contribution in [2.45, 2.75) is 4.96 Å². The molecule has 0 rings (SSSR count). The Balaban J connectivity index is 3.13. The molecule has 1 radical (unpaired) electrons. The average Bonchev–Trinajstić information content (AvgIpc) is 1.27. The van der Waals surface area contributed by atoms with Crippen LogP contribution in [0, 0.1) is 0 Å². The summed E-state index contributed by atoms with van der Waals surface area (Å²) in [5.41, 5.74) is 0. The summed E-state index contributed by atoms with van der Waals surface area (Å²) in [5.74, 6) is 0. The lowest BCUT2D eigenvalue weighted by molar-refractivity contribution is 0.418. The van der Waals surface area contributed by atoms with Crippen LogP contribution in [0.3, 0.4) is 0 Å². The molecular formula is C2H2Cl2NOS. The molecule has 0 aromatic heterocycles. The van der Waals surface area contributed by atoms with Gasteiger partial charge in [-0.1, -0.05) is 23.2 Å². The van der Waals surface area contributed by atoms with E-state index < -0.39 is 10.1 Å². The first-order valence-corrected chi connectivity index (χ1v) is 2.66. The Morgan fingerprint density at radius 3 is 2.14 bits per heavy atom. The van der Waals surface area contributed by atoms with Gasteiger partial charge in [-0.3, -0.25) is 5.11 Å². The van der Waals surface area contributed by atoms with Crippen LogP contribution in [0.15, 0.2) is 0 Å². The van der Waals surface area contributed by atoms with Crippen LogP contribution in [0.25, 0.3) is 0 Å². The monoisotopic (exact) mass is 158 g/mol. The molecule has 0 spiro atoms. The molecule has 0 aliphatic rings. The van der Waals surface area contributed by atoms with Crippen LogP contribution in [0.5, 0.6) is 0 Å². The van der Waals surface area contributed by atoms with Crippen LogP contribution < -0.4 is 5.32 Å². The third kappa shape index (κ3) is 6.27. The van der Waals surface area contributed by atoms with E-state index in [-0.39, 0.29) is 0 Å². The van der Waals surface area contributed by atoms with Crippen molar-refractivity contribution < 1.29 is 5.11 Å². The number of halogens is 2. The smallest absolute Gasteiger partial charge is 0.312 e. The van der Waals surface area contributed by atoms with Crippen LogP contribution in [0.4, 0.5) is 0 Å². The lowest BCUT2D eigenvalue weighted by Gasteiger charge is -1.95. The molecular weight excluding hydrogens is 157 g/mol. The second-order valence-corrected chi connectivity index (χ2v) is 2.20. The molecule has 0 fully saturated rings. The maximum absolute atomic E-state index is 9.79. The Hall–Kier alpha value is 0.270. The van der Waals surface area contributed by atoms with Crippen molar-refractivity contribution in [3.63, 3.8) is 0 Å². The van der Waals surface area contributed by atoms with Crippen molar-refractivity contribution in [3.05, 3.63) is 0 Å². The van der Waals surface area contributed by atoms with Gasteiger partial charge >= 0.3 is 5.17 Å². The molecule has 2 nitrogen and oxygen atoms in total. The largest absolute Gasteiger partial charge is 0.314 e. The lowest BCUT2D eigenvalue weighted by Crippen LogP contribution is -2.23. The van der Waals surface area contributed by atoms with Gasteiger partial charge in [0.2, 0.25) is 0 Å². The molecule has 0 atom stereocenters. The molecule has 7 heavy (non-hydrogen) atoms. The summed E-state index contributed by atoms with van der Waals surface area (Å²) in [6.45, 7) is 0. The molecule has 0 aromatic carbocycles. The molecule has 1 N–H and O–H groups in total. The van der Waals surface area contributed by atoms with Crippen LogP contribution >= 0.6 is 35.4 Å². The zero-order valence-electron chi connectivity index (χ0n) is 3.15. The van der Waals surface area contributed by atoms with Crippen LogP contribution in [0.1, 0.15) is 0 Å². The van der Waals surface area contributed by atoms with Gasteiger partial charge in [0.25, 0.3) is 0 Å². The third-order valence-electron chi connectivity index (χ3n) is 0.227.